The number of methoxy groups -OCH3 is 1. The molecule has 1 aliphatic rings. The highest BCUT2D eigenvalue weighted by Crippen LogP contribution is 2.16. The lowest BCUT2D eigenvalue weighted by Gasteiger charge is -2.14. The highest BCUT2D eigenvalue weighted by Gasteiger charge is 2.28. The first kappa shape index (κ1) is 18.1. The summed E-state index contributed by atoms with van der Waals surface area (Å²) in [5.74, 6) is -0.422. The van der Waals surface area contributed by atoms with Crippen molar-refractivity contribution < 1.29 is 19.1 Å². The van der Waals surface area contributed by atoms with Gasteiger partial charge in [-0.15, -0.1) is 0 Å². The SMILES string of the molecule is COCCNCCNC(=O)c1ccc(CN2C(=O)CCC2=O)cc1. The second kappa shape index (κ2) is 9.14. The van der Waals surface area contributed by atoms with Crippen LogP contribution in [-0.2, 0) is 20.9 Å². The van der Waals surface area contributed by atoms with E-state index in [4.69, 9.17) is 4.74 Å². The first-order valence-electron chi connectivity index (χ1n) is 8.02. The van der Waals surface area contributed by atoms with Gasteiger partial charge < -0.3 is 15.4 Å². The summed E-state index contributed by atoms with van der Waals surface area (Å²) in [7, 11) is 1.64. The number of hydrogen-bond acceptors (Lipinski definition) is 5. The Balaban J connectivity index is 1.77. The van der Waals surface area contributed by atoms with E-state index in [9.17, 15) is 14.4 Å². The van der Waals surface area contributed by atoms with Crippen LogP contribution in [0.1, 0.15) is 28.8 Å². The van der Waals surface area contributed by atoms with Gasteiger partial charge in [0.15, 0.2) is 0 Å². The third-order valence-electron chi connectivity index (χ3n) is 3.78. The minimum atomic E-state index is -0.150. The van der Waals surface area contributed by atoms with Crippen LogP contribution in [0.4, 0.5) is 0 Å². The highest BCUT2D eigenvalue weighted by molar-refractivity contribution is 6.01. The van der Waals surface area contributed by atoms with Crippen LogP contribution in [0.25, 0.3) is 0 Å². The third-order valence-corrected chi connectivity index (χ3v) is 3.78. The molecular weight excluding hydrogens is 310 g/mol. The van der Waals surface area contributed by atoms with E-state index in [1.165, 1.54) is 4.90 Å². The zero-order chi connectivity index (χ0) is 17.4. The molecule has 0 bridgehead atoms. The van der Waals surface area contributed by atoms with E-state index in [0.717, 1.165) is 12.1 Å². The van der Waals surface area contributed by atoms with Crippen molar-refractivity contribution in [1.82, 2.24) is 15.5 Å². The predicted molar refractivity (Wildman–Crippen MR) is 88.3 cm³/mol. The normalized spacial score (nSPS) is 14.3. The Bertz CT molecular complexity index is 570. The van der Waals surface area contributed by atoms with Crippen molar-refractivity contribution in [2.24, 2.45) is 0 Å². The van der Waals surface area contributed by atoms with Gasteiger partial charge in [0.05, 0.1) is 13.2 Å². The van der Waals surface area contributed by atoms with Gasteiger partial charge in [-0.25, -0.2) is 0 Å². The molecule has 0 saturated carbocycles. The lowest BCUT2D eigenvalue weighted by molar-refractivity contribution is -0.139. The molecule has 1 fully saturated rings. The Morgan fingerprint density at radius 1 is 1.08 bits per heavy atom. The number of rotatable bonds is 9. The second-order valence-corrected chi connectivity index (χ2v) is 5.57. The van der Waals surface area contributed by atoms with Gasteiger partial charge in [-0.3, -0.25) is 19.3 Å². The fourth-order valence-electron chi connectivity index (χ4n) is 2.41. The maximum Gasteiger partial charge on any atom is 0.251 e. The van der Waals surface area contributed by atoms with E-state index in [-0.39, 0.29) is 37.1 Å². The first-order valence-corrected chi connectivity index (χ1v) is 8.02. The van der Waals surface area contributed by atoms with Gasteiger partial charge in [0.2, 0.25) is 11.8 Å². The first-order chi connectivity index (χ1) is 11.6. The Hall–Kier alpha value is -2.25. The minimum absolute atomic E-state index is 0.136. The number of amides is 3. The lowest BCUT2D eigenvalue weighted by atomic mass is 10.1. The number of benzene rings is 1. The van der Waals surface area contributed by atoms with Gasteiger partial charge in [-0.05, 0) is 17.7 Å². The Morgan fingerprint density at radius 2 is 1.75 bits per heavy atom. The lowest BCUT2D eigenvalue weighted by Crippen LogP contribution is -2.33. The largest absolute Gasteiger partial charge is 0.383 e. The number of carbonyl (C=O) groups is 3. The second-order valence-electron chi connectivity index (χ2n) is 5.57. The molecule has 1 aromatic rings. The molecule has 0 atom stereocenters. The molecule has 7 heteroatoms. The molecule has 1 heterocycles. The number of carbonyl (C=O) groups excluding carboxylic acids is 3. The summed E-state index contributed by atoms with van der Waals surface area (Å²) < 4.78 is 4.92. The van der Waals surface area contributed by atoms with Crippen LogP contribution in [0.15, 0.2) is 24.3 Å². The van der Waals surface area contributed by atoms with Crippen molar-refractivity contribution >= 4 is 17.7 Å². The molecule has 0 spiro atoms. The molecule has 1 saturated heterocycles. The zero-order valence-corrected chi connectivity index (χ0v) is 13.8. The summed E-state index contributed by atoms with van der Waals surface area (Å²) >= 11 is 0. The molecule has 7 nitrogen and oxygen atoms in total. The fourth-order valence-corrected chi connectivity index (χ4v) is 2.41. The summed E-state index contributed by atoms with van der Waals surface area (Å²) in [4.78, 5) is 36.5. The maximum atomic E-state index is 12.0. The van der Waals surface area contributed by atoms with Crippen LogP contribution < -0.4 is 10.6 Å². The van der Waals surface area contributed by atoms with E-state index < -0.39 is 0 Å². The van der Waals surface area contributed by atoms with Crippen molar-refractivity contribution in [3.8, 4) is 0 Å². The van der Waals surface area contributed by atoms with Gasteiger partial charge >= 0.3 is 0 Å². The fraction of sp³-hybridized carbons (Fsp3) is 0.471. The zero-order valence-electron chi connectivity index (χ0n) is 13.8. The van der Waals surface area contributed by atoms with E-state index in [1.807, 2.05) is 0 Å². The van der Waals surface area contributed by atoms with Gasteiger partial charge in [-0.1, -0.05) is 12.1 Å². The van der Waals surface area contributed by atoms with Crippen molar-refractivity contribution in [1.29, 1.82) is 0 Å². The number of imide groups is 1. The minimum Gasteiger partial charge on any atom is -0.383 e. The molecule has 2 N–H and O–H groups in total. The summed E-state index contributed by atoms with van der Waals surface area (Å²) in [5.41, 5.74) is 1.38. The van der Waals surface area contributed by atoms with Gasteiger partial charge in [0, 0.05) is 45.1 Å². The molecule has 1 aromatic carbocycles. The molecule has 0 aliphatic carbocycles. The maximum absolute atomic E-state index is 12.0. The van der Waals surface area contributed by atoms with Crippen molar-refractivity contribution in [2.45, 2.75) is 19.4 Å². The standard InChI is InChI=1S/C17H23N3O4/c1-24-11-10-18-8-9-19-17(23)14-4-2-13(3-5-14)12-20-15(21)6-7-16(20)22/h2-5,18H,6-12H2,1H3,(H,19,23). The van der Waals surface area contributed by atoms with E-state index in [0.29, 0.717) is 25.3 Å². The average Bonchev–Trinajstić information content (AvgIpc) is 2.90. The van der Waals surface area contributed by atoms with Gasteiger partial charge in [-0.2, -0.15) is 0 Å². The number of hydrogen-bond donors (Lipinski definition) is 2. The summed E-state index contributed by atoms with van der Waals surface area (Å²) in [6.07, 6.45) is 0.579. The van der Waals surface area contributed by atoms with Crippen molar-refractivity contribution in [3.63, 3.8) is 0 Å². The van der Waals surface area contributed by atoms with Gasteiger partial charge in [0.25, 0.3) is 5.91 Å². The molecule has 0 aromatic heterocycles. The van der Waals surface area contributed by atoms with Gasteiger partial charge in [0.1, 0.15) is 0 Å². The van der Waals surface area contributed by atoms with Crippen molar-refractivity contribution in [2.75, 3.05) is 33.4 Å². The third kappa shape index (κ3) is 5.14. The Labute approximate surface area is 141 Å². The molecule has 0 radical (unpaired) electrons. The monoisotopic (exact) mass is 333 g/mol. The van der Waals surface area contributed by atoms with E-state index in [2.05, 4.69) is 10.6 Å². The Morgan fingerprint density at radius 3 is 2.38 bits per heavy atom. The molecule has 1 aliphatic heterocycles. The number of likely N-dealkylation sites (tertiary alicyclic amines) is 1. The van der Waals surface area contributed by atoms with E-state index in [1.54, 1.807) is 31.4 Å². The molecule has 2 rings (SSSR count). The van der Waals surface area contributed by atoms with Crippen molar-refractivity contribution in [3.05, 3.63) is 35.4 Å². The summed E-state index contributed by atoms with van der Waals surface area (Å²) in [5, 5.41) is 5.96. The quantitative estimate of drug-likeness (QED) is 0.501. The molecule has 24 heavy (non-hydrogen) atoms. The summed E-state index contributed by atoms with van der Waals surface area (Å²) in [6.45, 7) is 2.85. The van der Waals surface area contributed by atoms with Crippen LogP contribution in [0, 0.1) is 0 Å². The topological polar surface area (TPSA) is 87.7 Å². The smallest absolute Gasteiger partial charge is 0.251 e. The van der Waals surface area contributed by atoms with Crippen LogP contribution >= 0.6 is 0 Å². The number of ether oxygens (including phenoxy) is 1. The van der Waals surface area contributed by atoms with Crippen LogP contribution in [0.3, 0.4) is 0 Å². The van der Waals surface area contributed by atoms with E-state index >= 15 is 0 Å². The average molecular weight is 333 g/mol. The predicted octanol–water partition coefficient (Wildman–Crippen LogP) is 0.301. The number of nitrogens with one attached hydrogen (secondary N) is 2. The molecule has 130 valence electrons. The summed E-state index contributed by atoms with van der Waals surface area (Å²) in [6, 6.07) is 6.94. The Kier molecular flexibility index (Phi) is 6.89. The van der Waals surface area contributed by atoms with Crippen LogP contribution in [0.5, 0.6) is 0 Å². The molecular formula is C17H23N3O4. The highest BCUT2D eigenvalue weighted by atomic mass is 16.5. The molecule has 0 unspecified atom stereocenters. The van der Waals surface area contributed by atoms with Crippen LogP contribution in [0.2, 0.25) is 0 Å². The molecule has 3 amide bonds. The van der Waals surface area contributed by atoms with Crippen LogP contribution in [-0.4, -0.2) is 56.0 Å². The number of nitrogens with zero attached hydrogens (tertiary/aromatic N) is 1.